The van der Waals surface area contributed by atoms with Gasteiger partial charge in [0.2, 0.25) is 0 Å². The molecule has 0 radical (unpaired) electrons. The highest BCUT2D eigenvalue weighted by molar-refractivity contribution is 7.52. The number of hydrogen-bond acceptors (Lipinski definition) is 6. The van der Waals surface area contributed by atoms with Gasteiger partial charge in [0.1, 0.15) is 0 Å². The summed E-state index contributed by atoms with van der Waals surface area (Å²) < 4.78 is 44.0. The first kappa shape index (κ1) is 21.3. The Labute approximate surface area is 137 Å². The summed E-state index contributed by atoms with van der Waals surface area (Å²) in [6.07, 6.45) is -0.571. The highest BCUT2D eigenvalue weighted by Crippen LogP contribution is 2.52. The third-order valence-electron chi connectivity index (χ3n) is 3.96. The Morgan fingerprint density at radius 2 is 1.78 bits per heavy atom. The van der Waals surface area contributed by atoms with E-state index in [0.29, 0.717) is 12.8 Å². The van der Waals surface area contributed by atoms with E-state index in [4.69, 9.17) is 13.8 Å². The lowest BCUT2D eigenvalue weighted by atomic mass is 10.0. The number of phosphoric ester groups is 1. The molecular formula is C13H28O8P2. The Hall–Kier alpha value is 0.220. The van der Waals surface area contributed by atoms with Crippen LogP contribution in [0.3, 0.4) is 0 Å². The van der Waals surface area contributed by atoms with Crippen LogP contribution in [0.1, 0.15) is 33.6 Å². The van der Waals surface area contributed by atoms with Gasteiger partial charge in [-0.15, -0.1) is 0 Å². The van der Waals surface area contributed by atoms with Gasteiger partial charge in [-0.25, -0.2) is 4.57 Å². The molecule has 1 fully saturated rings. The van der Waals surface area contributed by atoms with Gasteiger partial charge >= 0.3 is 15.4 Å². The van der Waals surface area contributed by atoms with Gasteiger partial charge < -0.3 is 19.0 Å². The zero-order valence-electron chi connectivity index (χ0n) is 14.2. The second-order valence-electron chi connectivity index (χ2n) is 6.20. The lowest BCUT2D eigenvalue weighted by Crippen LogP contribution is -2.32. The van der Waals surface area contributed by atoms with Crippen molar-refractivity contribution in [2.24, 2.45) is 11.8 Å². The zero-order valence-corrected chi connectivity index (χ0v) is 16.0. The van der Waals surface area contributed by atoms with Crippen LogP contribution in [-0.2, 0) is 27.4 Å². The SMILES string of the molecule is CO[C@@H]1[C@H](OP(=O)(O)OC(C)C)[C@@H](CCP(=O)(O)OC)C[C@@H]1C. The third-order valence-corrected chi connectivity index (χ3v) is 6.55. The van der Waals surface area contributed by atoms with Crippen molar-refractivity contribution in [1.82, 2.24) is 0 Å². The van der Waals surface area contributed by atoms with Gasteiger partial charge in [0, 0.05) is 14.2 Å². The number of phosphoric acid groups is 1. The van der Waals surface area contributed by atoms with Gasteiger partial charge in [0.05, 0.1) is 24.5 Å². The normalized spacial score (nSPS) is 33.6. The lowest BCUT2D eigenvalue weighted by Gasteiger charge is -2.27. The van der Waals surface area contributed by atoms with Crippen LogP contribution in [0, 0.1) is 11.8 Å². The summed E-state index contributed by atoms with van der Waals surface area (Å²) in [5.41, 5.74) is 0. The van der Waals surface area contributed by atoms with Crippen molar-refractivity contribution in [3.05, 3.63) is 0 Å². The molecule has 0 heterocycles. The molecule has 0 amide bonds. The predicted octanol–water partition coefficient (Wildman–Crippen LogP) is 2.79. The number of rotatable bonds is 9. The Kier molecular flexibility index (Phi) is 7.90. The molecule has 1 aliphatic carbocycles. The van der Waals surface area contributed by atoms with E-state index in [-0.39, 0.29) is 24.1 Å². The van der Waals surface area contributed by atoms with Crippen molar-refractivity contribution in [2.45, 2.75) is 51.9 Å². The monoisotopic (exact) mass is 374 g/mol. The molecule has 138 valence electrons. The molecule has 2 unspecified atom stereocenters. The summed E-state index contributed by atoms with van der Waals surface area (Å²) in [5, 5.41) is 0. The molecule has 1 rings (SSSR count). The van der Waals surface area contributed by atoms with Crippen molar-refractivity contribution in [3.63, 3.8) is 0 Å². The minimum atomic E-state index is -4.23. The topological polar surface area (TPSA) is 112 Å². The summed E-state index contributed by atoms with van der Waals surface area (Å²) in [6, 6.07) is 0. The average molecular weight is 374 g/mol. The molecule has 0 aromatic heterocycles. The number of methoxy groups -OCH3 is 1. The Morgan fingerprint density at radius 3 is 2.26 bits per heavy atom. The zero-order chi connectivity index (χ0) is 17.8. The predicted molar refractivity (Wildman–Crippen MR) is 85.3 cm³/mol. The Balaban J connectivity index is 2.83. The first-order chi connectivity index (χ1) is 10.5. The second kappa shape index (κ2) is 8.54. The van der Waals surface area contributed by atoms with Crippen LogP contribution in [0.15, 0.2) is 0 Å². The van der Waals surface area contributed by atoms with Crippen molar-refractivity contribution in [3.8, 4) is 0 Å². The van der Waals surface area contributed by atoms with Gasteiger partial charge in [-0.05, 0) is 38.5 Å². The van der Waals surface area contributed by atoms with E-state index in [9.17, 15) is 18.9 Å². The minimum absolute atomic E-state index is 0.0437. The highest BCUT2D eigenvalue weighted by atomic mass is 31.2. The van der Waals surface area contributed by atoms with E-state index in [1.165, 1.54) is 14.2 Å². The van der Waals surface area contributed by atoms with Crippen LogP contribution < -0.4 is 0 Å². The van der Waals surface area contributed by atoms with E-state index < -0.39 is 27.6 Å². The molecule has 0 spiro atoms. The van der Waals surface area contributed by atoms with Crippen molar-refractivity contribution >= 4 is 15.4 Å². The summed E-state index contributed by atoms with van der Waals surface area (Å²) in [7, 11) is -5.17. The Morgan fingerprint density at radius 1 is 1.17 bits per heavy atom. The van der Waals surface area contributed by atoms with Crippen LogP contribution in [0.2, 0.25) is 0 Å². The molecule has 6 atom stereocenters. The van der Waals surface area contributed by atoms with Crippen molar-refractivity contribution < 1.29 is 37.2 Å². The third kappa shape index (κ3) is 6.56. The average Bonchev–Trinajstić information content (AvgIpc) is 2.70. The van der Waals surface area contributed by atoms with Crippen LogP contribution in [0.4, 0.5) is 0 Å². The van der Waals surface area contributed by atoms with Gasteiger partial charge in [0.25, 0.3) is 0 Å². The molecule has 0 aromatic rings. The molecule has 23 heavy (non-hydrogen) atoms. The van der Waals surface area contributed by atoms with Gasteiger partial charge in [-0.1, -0.05) is 6.92 Å². The van der Waals surface area contributed by atoms with Gasteiger partial charge in [0.15, 0.2) is 0 Å². The molecule has 0 bridgehead atoms. The molecule has 8 nitrogen and oxygen atoms in total. The van der Waals surface area contributed by atoms with E-state index in [0.717, 1.165) is 0 Å². The molecule has 10 heteroatoms. The van der Waals surface area contributed by atoms with Crippen LogP contribution in [0.25, 0.3) is 0 Å². The first-order valence-corrected chi connectivity index (χ1v) is 10.9. The maximum Gasteiger partial charge on any atom is 0.472 e. The van der Waals surface area contributed by atoms with E-state index >= 15 is 0 Å². The fourth-order valence-electron chi connectivity index (χ4n) is 3.00. The summed E-state index contributed by atoms with van der Waals surface area (Å²) in [4.78, 5) is 19.4. The number of ether oxygens (including phenoxy) is 1. The summed E-state index contributed by atoms with van der Waals surface area (Å²) >= 11 is 0. The second-order valence-corrected chi connectivity index (χ2v) is 9.64. The molecular weight excluding hydrogens is 346 g/mol. The summed E-state index contributed by atoms with van der Waals surface area (Å²) in [6.45, 7) is 5.22. The lowest BCUT2D eigenvalue weighted by molar-refractivity contribution is -0.0291. The maximum atomic E-state index is 12.1. The highest BCUT2D eigenvalue weighted by Gasteiger charge is 2.46. The van der Waals surface area contributed by atoms with Gasteiger partial charge in [-0.2, -0.15) is 0 Å². The van der Waals surface area contributed by atoms with E-state index in [1.54, 1.807) is 13.8 Å². The fraction of sp³-hybridized carbons (Fsp3) is 1.00. The van der Waals surface area contributed by atoms with Crippen LogP contribution in [-0.4, -0.2) is 48.5 Å². The molecule has 2 N–H and O–H groups in total. The fourth-order valence-corrected chi connectivity index (χ4v) is 5.02. The molecule has 1 aliphatic rings. The minimum Gasteiger partial charge on any atom is -0.378 e. The molecule has 1 saturated carbocycles. The quantitative estimate of drug-likeness (QED) is 0.593. The van der Waals surface area contributed by atoms with Crippen LogP contribution >= 0.6 is 15.4 Å². The molecule has 0 saturated heterocycles. The van der Waals surface area contributed by atoms with Crippen molar-refractivity contribution in [1.29, 1.82) is 0 Å². The summed E-state index contributed by atoms with van der Waals surface area (Å²) in [5.74, 6) is -0.100. The van der Waals surface area contributed by atoms with Crippen molar-refractivity contribution in [2.75, 3.05) is 20.4 Å². The van der Waals surface area contributed by atoms with E-state index in [1.807, 2.05) is 6.92 Å². The largest absolute Gasteiger partial charge is 0.472 e. The molecule has 0 aliphatic heterocycles. The first-order valence-electron chi connectivity index (χ1n) is 7.61. The smallest absolute Gasteiger partial charge is 0.378 e. The van der Waals surface area contributed by atoms with Gasteiger partial charge in [-0.3, -0.25) is 13.6 Å². The van der Waals surface area contributed by atoms with E-state index in [2.05, 4.69) is 4.52 Å². The standard InChI is InChI=1S/C13H28O8P2/c1-9(2)20-23(16,17)21-13-11(6-7-22(14,15)19-5)8-10(3)12(13)18-4/h9-13H,6-8H2,1-5H3,(H,14,15)(H,16,17)/t10-,11-,12-,13+/m0/s1. The number of hydrogen-bond donors (Lipinski definition) is 2. The Bertz CT molecular complexity index is 469. The maximum absolute atomic E-state index is 12.1. The van der Waals surface area contributed by atoms with Crippen LogP contribution in [0.5, 0.6) is 0 Å². The molecule has 0 aromatic carbocycles.